The standard InChI is InChI=1S/C16H16N4O2/c1-11-9-14(19-15-7-8-18-20(11)15)16(21)17-10-12-3-5-13(22-2)6-4-12/h3-9H,10H2,1-2H3,(H,17,21). The molecule has 1 N–H and O–H groups in total. The van der Waals surface area contributed by atoms with Crippen molar-refractivity contribution in [3.8, 4) is 5.75 Å². The molecular weight excluding hydrogens is 280 g/mol. The minimum absolute atomic E-state index is 0.206. The van der Waals surface area contributed by atoms with Crippen LogP contribution in [0.25, 0.3) is 5.65 Å². The van der Waals surface area contributed by atoms with Crippen molar-refractivity contribution in [3.05, 3.63) is 59.5 Å². The van der Waals surface area contributed by atoms with E-state index >= 15 is 0 Å². The molecule has 0 fully saturated rings. The summed E-state index contributed by atoms with van der Waals surface area (Å²) in [6.45, 7) is 2.33. The van der Waals surface area contributed by atoms with E-state index < -0.39 is 0 Å². The van der Waals surface area contributed by atoms with Gasteiger partial charge in [-0.3, -0.25) is 4.79 Å². The Balaban J connectivity index is 1.72. The summed E-state index contributed by atoms with van der Waals surface area (Å²) in [5, 5.41) is 7.00. The third-order valence-corrected chi connectivity index (χ3v) is 3.38. The maximum absolute atomic E-state index is 12.2. The second kappa shape index (κ2) is 5.85. The van der Waals surface area contributed by atoms with Crippen LogP contribution in [0.15, 0.2) is 42.6 Å². The molecule has 0 aliphatic rings. The number of nitrogens with zero attached hydrogens (tertiary/aromatic N) is 3. The number of fused-ring (bicyclic) bond motifs is 1. The first-order chi connectivity index (χ1) is 10.7. The Hall–Kier alpha value is -2.89. The minimum Gasteiger partial charge on any atom is -0.497 e. The lowest BCUT2D eigenvalue weighted by Crippen LogP contribution is -2.24. The minimum atomic E-state index is -0.206. The molecule has 112 valence electrons. The monoisotopic (exact) mass is 296 g/mol. The van der Waals surface area contributed by atoms with Gasteiger partial charge >= 0.3 is 0 Å². The van der Waals surface area contributed by atoms with Crippen LogP contribution in [-0.4, -0.2) is 27.6 Å². The molecule has 6 heteroatoms. The van der Waals surface area contributed by atoms with E-state index in [4.69, 9.17) is 4.74 Å². The van der Waals surface area contributed by atoms with Crippen LogP contribution in [0.4, 0.5) is 0 Å². The van der Waals surface area contributed by atoms with E-state index in [1.54, 1.807) is 30.0 Å². The molecule has 0 saturated carbocycles. The van der Waals surface area contributed by atoms with E-state index in [2.05, 4.69) is 15.4 Å². The topological polar surface area (TPSA) is 68.5 Å². The van der Waals surface area contributed by atoms with Crippen LogP contribution in [-0.2, 0) is 6.54 Å². The Morgan fingerprint density at radius 1 is 1.27 bits per heavy atom. The van der Waals surface area contributed by atoms with Gasteiger partial charge in [-0.05, 0) is 30.7 Å². The number of hydrogen-bond donors (Lipinski definition) is 1. The summed E-state index contributed by atoms with van der Waals surface area (Å²) >= 11 is 0. The van der Waals surface area contributed by atoms with Crippen LogP contribution in [0.2, 0.25) is 0 Å². The molecule has 0 saturated heterocycles. The molecule has 2 aromatic heterocycles. The third-order valence-electron chi connectivity index (χ3n) is 3.38. The summed E-state index contributed by atoms with van der Waals surface area (Å²) < 4.78 is 6.80. The maximum Gasteiger partial charge on any atom is 0.270 e. The molecule has 3 aromatic rings. The Morgan fingerprint density at radius 2 is 2.05 bits per heavy atom. The van der Waals surface area contributed by atoms with Gasteiger partial charge in [0, 0.05) is 18.3 Å². The number of rotatable bonds is 4. The highest BCUT2D eigenvalue weighted by Crippen LogP contribution is 2.11. The molecule has 1 aromatic carbocycles. The van der Waals surface area contributed by atoms with Gasteiger partial charge in [-0.15, -0.1) is 0 Å². The van der Waals surface area contributed by atoms with Gasteiger partial charge < -0.3 is 10.1 Å². The first-order valence-electron chi connectivity index (χ1n) is 6.90. The average Bonchev–Trinajstić information content (AvgIpc) is 3.02. The fraction of sp³-hybridized carbons (Fsp3) is 0.188. The second-order valence-corrected chi connectivity index (χ2v) is 4.91. The number of amides is 1. The average molecular weight is 296 g/mol. The molecule has 0 bridgehead atoms. The van der Waals surface area contributed by atoms with Gasteiger partial charge in [0.2, 0.25) is 0 Å². The van der Waals surface area contributed by atoms with Gasteiger partial charge in [-0.1, -0.05) is 12.1 Å². The number of carbonyl (C=O) groups excluding carboxylic acids is 1. The highest BCUT2D eigenvalue weighted by Gasteiger charge is 2.10. The summed E-state index contributed by atoms with van der Waals surface area (Å²) in [6.07, 6.45) is 1.66. The number of benzene rings is 1. The van der Waals surface area contributed by atoms with Crippen molar-refractivity contribution in [1.82, 2.24) is 19.9 Å². The smallest absolute Gasteiger partial charge is 0.270 e. The number of aryl methyl sites for hydroxylation is 1. The van der Waals surface area contributed by atoms with E-state index in [9.17, 15) is 4.79 Å². The zero-order valence-corrected chi connectivity index (χ0v) is 12.4. The number of aromatic nitrogens is 3. The third kappa shape index (κ3) is 2.76. The summed E-state index contributed by atoms with van der Waals surface area (Å²) in [5.41, 5.74) is 2.91. The number of methoxy groups -OCH3 is 1. The molecule has 6 nitrogen and oxygen atoms in total. The van der Waals surface area contributed by atoms with Gasteiger partial charge in [0.25, 0.3) is 5.91 Å². The highest BCUT2D eigenvalue weighted by molar-refractivity contribution is 5.92. The van der Waals surface area contributed by atoms with Crippen LogP contribution in [0.1, 0.15) is 21.7 Å². The number of ether oxygens (including phenoxy) is 1. The number of carbonyl (C=O) groups is 1. The fourth-order valence-electron chi connectivity index (χ4n) is 2.20. The molecule has 0 unspecified atom stereocenters. The zero-order chi connectivity index (χ0) is 15.5. The van der Waals surface area contributed by atoms with Crippen molar-refractivity contribution in [1.29, 1.82) is 0 Å². The molecule has 0 atom stereocenters. The Bertz CT molecular complexity index is 809. The quantitative estimate of drug-likeness (QED) is 0.799. The van der Waals surface area contributed by atoms with E-state index in [-0.39, 0.29) is 5.91 Å². The van der Waals surface area contributed by atoms with E-state index in [1.165, 1.54) is 0 Å². The lowest BCUT2D eigenvalue weighted by molar-refractivity contribution is 0.0946. The van der Waals surface area contributed by atoms with Crippen LogP contribution >= 0.6 is 0 Å². The van der Waals surface area contributed by atoms with Gasteiger partial charge in [-0.25, -0.2) is 9.50 Å². The van der Waals surface area contributed by atoms with Crippen LogP contribution < -0.4 is 10.1 Å². The lowest BCUT2D eigenvalue weighted by atomic mass is 10.2. The van der Waals surface area contributed by atoms with Crippen LogP contribution in [0, 0.1) is 6.92 Å². The lowest BCUT2D eigenvalue weighted by Gasteiger charge is -2.07. The van der Waals surface area contributed by atoms with Gasteiger partial charge in [0.15, 0.2) is 5.65 Å². The highest BCUT2D eigenvalue weighted by atomic mass is 16.5. The molecule has 0 aliphatic heterocycles. The summed E-state index contributed by atoms with van der Waals surface area (Å²) in [4.78, 5) is 16.5. The second-order valence-electron chi connectivity index (χ2n) is 4.91. The Kier molecular flexibility index (Phi) is 3.74. The summed E-state index contributed by atoms with van der Waals surface area (Å²) in [5.74, 6) is 0.584. The predicted octanol–water partition coefficient (Wildman–Crippen LogP) is 1.98. The molecule has 1 amide bonds. The molecule has 0 aliphatic carbocycles. The normalized spacial score (nSPS) is 10.6. The fourth-order valence-corrected chi connectivity index (χ4v) is 2.20. The van der Waals surface area contributed by atoms with E-state index in [0.717, 1.165) is 17.0 Å². The summed E-state index contributed by atoms with van der Waals surface area (Å²) in [6, 6.07) is 11.1. The Morgan fingerprint density at radius 3 is 2.77 bits per heavy atom. The molecule has 22 heavy (non-hydrogen) atoms. The van der Waals surface area contributed by atoms with Crippen molar-refractivity contribution >= 4 is 11.6 Å². The van der Waals surface area contributed by atoms with Crippen molar-refractivity contribution in [3.63, 3.8) is 0 Å². The molecule has 3 rings (SSSR count). The predicted molar refractivity (Wildman–Crippen MR) is 81.9 cm³/mol. The molecule has 0 spiro atoms. The van der Waals surface area contributed by atoms with Crippen molar-refractivity contribution in [2.75, 3.05) is 7.11 Å². The van der Waals surface area contributed by atoms with Gasteiger partial charge in [0.1, 0.15) is 11.4 Å². The van der Waals surface area contributed by atoms with Crippen LogP contribution in [0.5, 0.6) is 5.75 Å². The first-order valence-corrected chi connectivity index (χ1v) is 6.90. The molecule has 2 heterocycles. The van der Waals surface area contributed by atoms with Crippen molar-refractivity contribution < 1.29 is 9.53 Å². The summed E-state index contributed by atoms with van der Waals surface area (Å²) in [7, 11) is 1.62. The van der Waals surface area contributed by atoms with Crippen LogP contribution in [0.3, 0.4) is 0 Å². The SMILES string of the molecule is COc1ccc(CNC(=O)c2cc(C)n3nccc3n2)cc1. The van der Waals surface area contributed by atoms with E-state index in [0.29, 0.717) is 17.9 Å². The molecule has 0 radical (unpaired) electrons. The van der Waals surface area contributed by atoms with Crippen molar-refractivity contribution in [2.45, 2.75) is 13.5 Å². The van der Waals surface area contributed by atoms with Crippen molar-refractivity contribution in [2.24, 2.45) is 0 Å². The van der Waals surface area contributed by atoms with Gasteiger partial charge in [0.05, 0.1) is 13.3 Å². The van der Waals surface area contributed by atoms with Gasteiger partial charge in [-0.2, -0.15) is 5.10 Å². The Labute approximate surface area is 127 Å². The number of hydrogen-bond acceptors (Lipinski definition) is 4. The first kappa shape index (κ1) is 14.1. The molecular formula is C16H16N4O2. The van der Waals surface area contributed by atoms with E-state index in [1.807, 2.05) is 31.2 Å². The zero-order valence-electron chi connectivity index (χ0n) is 12.4. The largest absolute Gasteiger partial charge is 0.497 e. The number of nitrogens with one attached hydrogen (secondary N) is 1. The maximum atomic E-state index is 12.2.